The van der Waals surface area contributed by atoms with Gasteiger partial charge in [0.1, 0.15) is 24.1 Å². The van der Waals surface area contributed by atoms with Crippen LogP contribution in [0.5, 0.6) is 11.5 Å². The number of hydrogen-bond donors (Lipinski definition) is 2. The molecule has 3 heterocycles. The second-order valence-electron chi connectivity index (χ2n) is 15.2. The molecular weight excluding hydrogens is 690 g/mol. The van der Waals surface area contributed by atoms with Gasteiger partial charge in [0.05, 0.1) is 31.5 Å². The molecule has 1 aromatic rings. The number of carbonyl (C=O) groups is 1. The lowest BCUT2D eigenvalue weighted by Crippen LogP contribution is -2.69. The van der Waals surface area contributed by atoms with Crippen LogP contribution in [0.4, 0.5) is 4.79 Å². The number of aliphatic hydroxyl groups is 2. The van der Waals surface area contributed by atoms with Gasteiger partial charge in [-0.2, -0.15) is 0 Å². The summed E-state index contributed by atoms with van der Waals surface area (Å²) in [4.78, 5) is 23.9. The molecule has 3 fully saturated rings. The smallest absolute Gasteiger partial charge is 0.409 e. The molecule has 0 bridgehead atoms. The van der Waals surface area contributed by atoms with Crippen LogP contribution < -0.4 is 9.47 Å². The molecule has 6 rings (SSSR count). The molecule has 7 unspecified atom stereocenters. The number of aliphatic hydroxyl groups excluding tert-OH is 2. The summed E-state index contributed by atoms with van der Waals surface area (Å²) >= 11 is 0. The van der Waals surface area contributed by atoms with Crippen LogP contribution in [0.2, 0.25) is 0 Å². The summed E-state index contributed by atoms with van der Waals surface area (Å²) in [7, 11) is 1.73. The Balaban J connectivity index is 1.50. The highest BCUT2D eigenvalue weighted by molar-refractivity contribution is 6.02. The monoisotopic (exact) mass is 751 g/mol. The standard InChI is InChI=1S/C42H61N3O9/c1-4-6-24-51-41(48)44(3)37-29-35(43-54-38-15-9-12-25-50-38)33-27-30(13-7-10-21-46)32(14-8-11-22-47)39-34-28-31(49-26-20-45-18-19-45)16-17-36(34)53-42(37,40(33)39)52-23-5-2/h4-5,16-17,27-28,30,32,37-40,46-47H,1-2,6-15,18-26,29H2,3H3. The van der Waals surface area contributed by atoms with E-state index in [9.17, 15) is 15.0 Å². The van der Waals surface area contributed by atoms with Crippen molar-refractivity contribution < 1.29 is 43.5 Å². The van der Waals surface area contributed by atoms with E-state index in [1.54, 1.807) is 24.1 Å². The second kappa shape index (κ2) is 19.4. The van der Waals surface area contributed by atoms with Crippen molar-refractivity contribution in [2.75, 3.05) is 66.3 Å². The van der Waals surface area contributed by atoms with Crippen LogP contribution in [0, 0.1) is 17.8 Å². The average molecular weight is 752 g/mol. The number of fused-ring (bicyclic) bond motifs is 2. The first-order valence-corrected chi connectivity index (χ1v) is 20.2. The minimum atomic E-state index is -1.34. The molecule has 298 valence electrons. The summed E-state index contributed by atoms with van der Waals surface area (Å²) in [6, 6.07) is 5.41. The number of likely N-dealkylation sites (N-methyl/N-ethyl adjacent to an activating group) is 1. The number of allylic oxidation sites excluding steroid dienone is 1. The van der Waals surface area contributed by atoms with Crippen molar-refractivity contribution in [2.24, 2.45) is 22.9 Å². The SMILES string of the molecule is C=CCCOC(=O)N(C)C1CC(=NOC2CCCCO2)C2=CC(CCCCO)C(CCCCO)C3c4cc(OCCN5CC5)ccc4OC1(OCC=C)C23. The molecule has 1 saturated carbocycles. The van der Waals surface area contributed by atoms with Crippen molar-refractivity contribution in [3.05, 3.63) is 60.7 Å². The number of hydrogen-bond acceptors (Lipinski definition) is 11. The third-order valence-corrected chi connectivity index (χ3v) is 11.6. The van der Waals surface area contributed by atoms with Gasteiger partial charge in [-0.05, 0) is 80.6 Å². The highest BCUT2D eigenvalue weighted by atomic mass is 16.8. The lowest BCUT2D eigenvalue weighted by atomic mass is 9.55. The second-order valence-corrected chi connectivity index (χ2v) is 15.2. The molecule has 7 atom stereocenters. The summed E-state index contributed by atoms with van der Waals surface area (Å²) in [5.41, 5.74) is 2.74. The van der Waals surface area contributed by atoms with Gasteiger partial charge in [-0.3, -0.25) is 4.90 Å². The molecule has 2 N–H and O–H groups in total. The van der Waals surface area contributed by atoms with Crippen molar-refractivity contribution in [3.8, 4) is 11.5 Å². The van der Waals surface area contributed by atoms with Crippen molar-refractivity contribution in [1.29, 1.82) is 0 Å². The van der Waals surface area contributed by atoms with Gasteiger partial charge in [0.15, 0.2) is 0 Å². The van der Waals surface area contributed by atoms with Gasteiger partial charge in [0.2, 0.25) is 12.1 Å². The Morgan fingerprint density at radius 1 is 1.09 bits per heavy atom. The quantitative estimate of drug-likeness (QED) is 0.0650. The van der Waals surface area contributed by atoms with Gasteiger partial charge >= 0.3 is 6.09 Å². The predicted molar refractivity (Wildman–Crippen MR) is 205 cm³/mol. The Kier molecular flexibility index (Phi) is 14.5. The van der Waals surface area contributed by atoms with E-state index in [2.05, 4.69) is 30.2 Å². The first kappa shape index (κ1) is 40.2. The molecule has 12 heteroatoms. The van der Waals surface area contributed by atoms with Crippen LogP contribution in [0.15, 0.2) is 60.3 Å². The van der Waals surface area contributed by atoms with Gasteiger partial charge in [-0.1, -0.05) is 36.2 Å². The summed E-state index contributed by atoms with van der Waals surface area (Å²) in [5.74, 6) is -0.139. The van der Waals surface area contributed by atoms with E-state index in [4.69, 9.17) is 33.7 Å². The zero-order valence-electron chi connectivity index (χ0n) is 32.1. The molecule has 2 saturated heterocycles. The number of oxime groups is 1. The highest BCUT2D eigenvalue weighted by Gasteiger charge is 2.65. The molecule has 1 amide bonds. The minimum Gasteiger partial charge on any atom is -0.492 e. The molecule has 0 radical (unpaired) electrons. The van der Waals surface area contributed by atoms with Crippen molar-refractivity contribution >= 4 is 11.8 Å². The van der Waals surface area contributed by atoms with E-state index < -0.39 is 30.1 Å². The Bertz CT molecular complexity index is 1470. The zero-order chi connectivity index (χ0) is 37.9. The fourth-order valence-electron chi connectivity index (χ4n) is 8.78. The van der Waals surface area contributed by atoms with E-state index in [-0.39, 0.29) is 50.6 Å². The largest absolute Gasteiger partial charge is 0.492 e. The van der Waals surface area contributed by atoms with Crippen LogP contribution >= 0.6 is 0 Å². The Hall–Kier alpha value is -3.42. The summed E-state index contributed by atoms with van der Waals surface area (Å²) in [6.07, 6.45) is 13.2. The van der Waals surface area contributed by atoms with Gasteiger partial charge in [-0.15, -0.1) is 13.2 Å². The molecule has 0 spiro atoms. The van der Waals surface area contributed by atoms with Crippen molar-refractivity contribution in [2.45, 2.75) is 94.7 Å². The third kappa shape index (κ3) is 9.33. The Morgan fingerprint density at radius 2 is 1.91 bits per heavy atom. The number of nitrogens with zero attached hydrogens (tertiary/aromatic N) is 3. The molecule has 12 nitrogen and oxygen atoms in total. The van der Waals surface area contributed by atoms with Gasteiger partial charge in [0.25, 0.3) is 0 Å². The lowest BCUT2D eigenvalue weighted by molar-refractivity contribution is -0.254. The number of rotatable bonds is 21. The van der Waals surface area contributed by atoms with Gasteiger partial charge in [0, 0.05) is 64.2 Å². The first-order valence-electron chi connectivity index (χ1n) is 20.2. The molecule has 54 heavy (non-hydrogen) atoms. The fraction of sp³-hybridized carbons (Fsp3) is 0.667. The Morgan fingerprint density at radius 3 is 2.63 bits per heavy atom. The highest BCUT2D eigenvalue weighted by Crippen LogP contribution is 2.61. The summed E-state index contributed by atoms with van der Waals surface area (Å²) in [5, 5.41) is 24.5. The summed E-state index contributed by atoms with van der Waals surface area (Å²) in [6.45, 7) is 12.7. The summed E-state index contributed by atoms with van der Waals surface area (Å²) < 4.78 is 32.1. The fourth-order valence-corrected chi connectivity index (χ4v) is 8.78. The van der Waals surface area contributed by atoms with Crippen molar-refractivity contribution in [1.82, 2.24) is 9.80 Å². The van der Waals surface area contributed by atoms with Gasteiger partial charge in [-0.25, -0.2) is 4.79 Å². The number of unbranched alkanes of at least 4 members (excludes halogenated alkanes) is 2. The molecule has 1 aromatic carbocycles. The first-order chi connectivity index (χ1) is 26.4. The average Bonchev–Trinajstić information content (AvgIpc) is 4.02. The van der Waals surface area contributed by atoms with Crippen LogP contribution in [0.25, 0.3) is 0 Å². The normalized spacial score (nSPS) is 29.2. The van der Waals surface area contributed by atoms with E-state index in [1.807, 2.05) is 12.1 Å². The topological polar surface area (TPSA) is 132 Å². The maximum Gasteiger partial charge on any atom is 0.409 e. The molecule has 2 aliphatic carbocycles. The molecule has 0 aromatic heterocycles. The van der Waals surface area contributed by atoms with Crippen molar-refractivity contribution in [3.63, 3.8) is 0 Å². The minimum absolute atomic E-state index is 0.121. The van der Waals surface area contributed by atoms with E-state index in [0.717, 1.165) is 87.2 Å². The molecule has 3 aliphatic heterocycles. The lowest BCUT2D eigenvalue weighted by Gasteiger charge is -2.59. The van der Waals surface area contributed by atoms with E-state index in [1.165, 1.54) is 0 Å². The van der Waals surface area contributed by atoms with E-state index >= 15 is 0 Å². The van der Waals surface area contributed by atoms with Crippen LogP contribution in [0.3, 0.4) is 0 Å². The number of carbonyl (C=O) groups excluding carboxylic acids is 1. The third-order valence-electron chi connectivity index (χ3n) is 11.6. The molecule has 5 aliphatic rings. The Labute approximate surface area is 320 Å². The van der Waals surface area contributed by atoms with Crippen LogP contribution in [-0.4, -0.2) is 116 Å². The maximum atomic E-state index is 13.8. The van der Waals surface area contributed by atoms with E-state index in [0.29, 0.717) is 38.2 Å². The number of ether oxygens (including phenoxy) is 5. The predicted octanol–water partition coefficient (Wildman–Crippen LogP) is 6.19. The van der Waals surface area contributed by atoms with Crippen LogP contribution in [-0.2, 0) is 19.0 Å². The number of amides is 1. The maximum absolute atomic E-state index is 13.8. The zero-order valence-corrected chi connectivity index (χ0v) is 32.1. The number of benzene rings is 1. The van der Waals surface area contributed by atoms with Crippen LogP contribution in [0.1, 0.15) is 82.1 Å². The van der Waals surface area contributed by atoms with Gasteiger partial charge < -0.3 is 43.6 Å². The molecular formula is C42H61N3O9.